The van der Waals surface area contributed by atoms with Crippen LogP contribution in [-0.2, 0) is 9.53 Å². The van der Waals surface area contributed by atoms with E-state index in [0.717, 1.165) is 0 Å². The van der Waals surface area contributed by atoms with Gasteiger partial charge in [-0.15, -0.1) is 0 Å². The minimum Gasteiger partial charge on any atom is -0.368 e. The molecule has 0 saturated carbocycles. The van der Waals surface area contributed by atoms with Crippen LogP contribution in [0.4, 0.5) is 0 Å². The van der Waals surface area contributed by atoms with E-state index in [0.29, 0.717) is 4.61 Å². The summed E-state index contributed by atoms with van der Waals surface area (Å²) in [5, 5.41) is 0. The van der Waals surface area contributed by atoms with Gasteiger partial charge in [-0.25, -0.2) is 0 Å². The maximum atomic E-state index is 9.85. The van der Waals surface area contributed by atoms with Gasteiger partial charge in [0.2, 0.25) is 5.91 Å². The molecule has 0 spiro atoms. The monoisotopic (exact) mass is 215 g/mol. The molecule has 0 saturated heterocycles. The molecule has 0 aromatic carbocycles. The molecule has 0 atom stereocenters. The molecule has 42 valence electrons. The predicted molar refractivity (Wildman–Crippen MR) is 34.0 cm³/mol. The maximum absolute atomic E-state index is 9.85. The summed E-state index contributed by atoms with van der Waals surface area (Å²) in [6, 6.07) is 0. The van der Waals surface area contributed by atoms with Gasteiger partial charge in [0.15, 0.2) is 0 Å². The highest BCUT2D eigenvalue weighted by Crippen LogP contribution is 1.80. The molecule has 0 rings (SSSR count). The summed E-state index contributed by atoms with van der Waals surface area (Å²) in [6.07, 6.45) is 0. The van der Waals surface area contributed by atoms with Crippen molar-refractivity contribution in [2.24, 2.45) is 5.73 Å². The number of rotatable bonds is 3. The van der Waals surface area contributed by atoms with Crippen LogP contribution in [-0.4, -0.2) is 17.1 Å². The zero-order valence-electron chi connectivity index (χ0n) is 3.69. The van der Waals surface area contributed by atoms with Crippen LogP contribution in [0.1, 0.15) is 0 Å². The number of nitrogens with two attached hydrogens (primary N) is 1. The SMILES string of the molecule is NC(=O)COCI. The van der Waals surface area contributed by atoms with Crippen molar-refractivity contribution in [3.63, 3.8) is 0 Å². The Kier molecular flexibility index (Phi) is 4.42. The number of primary amides is 1. The summed E-state index contributed by atoms with van der Waals surface area (Å²) in [5.41, 5.74) is 4.71. The normalized spacial score (nSPS) is 8.71. The van der Waals surface area contributed by atoms with Gasteiger partial charge in [-0.1, -0.05) is 22.6 Å². The fourth-order valence-electron chi connectivity index (χ4n) is 0.139. The molecule has 0 unspecified atom stereocenters. The molecular weight excluding hydrogens is 209 g/mol. The Morgan fingerprint density at radius 2 is 2.43 bits per heavy atom. The van der Waals surface area contributed by atoms with Crippen molar-refractivity contribution in [2.45, 2.75) is 0 Å². The van der Waals surface area contributed by atoms with Crippen LogP contribution < -0.4 is 5.73 Å². The molecule has 0 radical (unpaired) electrons. The lowest BCUT2D eigenvalue weighted by atomic mass is 10.7. The maximum Gasteiger partial charge on any atom is 0.243 e. The number of carbonyl (C=O) groups excluding carboxylic acids is 1. The summed E-state index contributed by atoms with van der Waals surface area (Å²) in [7, 11) is 0. The third-order valence-electron chi connectivity index (χ3n) is 0.321. The van der Waals surface area contributed by atoms with Crippen LogP contribution in [0.3, 0.4) is 0 Å². The Hall–Kier alpha value is 0.160. The van der Waals surface area contributed by atoms with Crippen molar-refractivity contribution in [2.75, 3.05) is 11.2 Å². The molecule has 7 heavy (non-hydrogen) atoms. The number of alkyl halides is 1. The van der Waals surface area contributed by atoms with Crippen LogP contribution >= 0.6 is 22.6 Å². The van der Waals surface area contributed by atoms with E-state index < -0.39 is 5.91 Å². The van der Waals surface area contributed by atoms with Crippen LogP contribution in [0.5, 0.6) is 0 Å². The summed E-state index contributed by atoms with van der Waals surface area (Å²) in [6.45, 7) is 0.0307. The number of hydrogen-bond acceptors (Lipinski definition) is 2. The van der Waals surface area contributed by atoms with Crippen LogP contribution in [0.2, 0.25) is 0 Å². The molecule has 0 aromatic heterocycles. The average molecular weight is 215 g/mol. The van der Waals surface area contributed by atoms with Gasteiger partial charge in [-0.05, 0) is 0 Å². The van der Waals surface area contributed by atoms with Crippen molar-refractivity contribution in [1.29, 1.82) is 0 Å². The first-order valence-corrected chi connectivity index (χ1v) is 3.22. The van der Waals surface area contributed by atoms with Crippen molar-refractivity contribution in [3.8, 4) is 0 Å². The Morgan fingerprint density at radius 1 is 1.86 bits per heavy atom. The summed E-state index contributed by atoms with van der Waals surface area (Å²) in [5.74, 6) is -0.420. The third kappa shape index (κ3) is 6.16. The molecular formula is C3H6INO2. The van der Waals surface area contributed by atoms with Crippen molar-refractivity contribution in [3.05, 3.63) is 0 Å². The van der Waals surface area contributed by atoms with E-state index in [2.05, 4.69) is 4.74 Å². The standard InChI is InChI=1S/C3H6INO2/c4-2-7-1-3(5)6/h1-2H2,(H2,5,6). The molecule has 0 aliphatic heterocycles. The van der Waals surface area contributed by atoms with Gasteiger partial charge in [-0.3, -0.25) is 4.79 Å². The van der Waals surface area contributed by atoms with E-state index in [1.54, 1.807) is 0 Å². The zero-order chi connectivity index (χ0) is 5.70. The molecule has 0 aromatic rings. The Morgan fingerprint density at radius 3 is 2.57 bits per heavy atom. The molecule has 1 amide bonds. The zero-order valence-corrected chi connectivity index (χ0v) is 5.84. The largest absolute Gasteiger partial charge is 0.368 e. The molecule has 0 fully saturated rings. The van der Waals surface area contributed by atoms with E-state index in [4.69, 9.17) is 5.73 Å². The number of halogens is 1. The molecule has 0 aliphatic rings. The average Bonchev–Trinajstić information content (AvgIpc) is 1.61. The lowest BCUT2D eigenvalue weighted by Gasteiger charge is -1.90. The molecule has 0 bridgehead atoms. The number of carbonyl (C=O) groups is 1. The first-order valence-electron chi connectivity index (χ1n) is 1.69. The summed E-state index contributed by atoms with van der Waals surface area (Å²) >= 11 is 1.99. The van der Waals surface area contributed by atoms with Gasteiger partial charge in [-0.2, -0.15) is 0 Å². The Bertz CT molecular complexity index is 66.0. The number of ether oxygens (including phenoxy) is 1. The van der Waals surface area contributed by atoms with Gasteiger partial charge in [0.1, 0.15) is 6.61 Å². The second-order valence-corrected chi connectivity index (χ2v) is 1.55. The van der Waals surface area contributed by atoms with Crippen LogP contribution in [0, 0.1) is 0 Å². The van der Waals surface area contributed by atoms with E-state index in [-0.39, 0.29) is 6.61 Å². The fraction of sp³-hybridized carbons (Fsp3) is 0.667. The predicted octanol–water partition coefficient (Wildman–Crippen LogP) is -0.119. The summed E-state index contributed by atoms with van der Waals surface area (Å²) in [4.78, 5) is 9.85. The van der Waals surface area contributed by atoms with Gasteiger partial charge in [0.05, 0.1) is 4.61 Å². The van der Waals surface area contributed by atoms with E-state index in [9.17, 15) is 4.79 Å². The summed E-state index contributed by atoms with van der Waals surface area (Å²) < 4.78 is 5.12. The van der Waals surface area contributed by atoms with E-state index in [1.165, 1.54) is 0 Å². The highest BCUT2D eigenvalue weighted by molar-refractivity contribution is 14.1. The number of hydrogen-bond donors (Lipinski definition) is 1. The van der Waals surface area contributed by atoms with Gasteiger partial charge in [0, 0.05) is 0 Å². The first kappa shape index (κ1) is 7.16. The van der Waals surface area contributed by atoms with Crippen molar-refractivity contribution >= 4 is 28.5 Å². The highest BCUT2D eigenvalue weighted by Gasteiger charge is 1.88. The first-order chi connectivity index (χ1) is 3.27. The topological polar surface area (TPSA) is 52.3 Å². The van der Waals surface area contributed by atoms with Crippen LogP contribution in [0.25, 0.3) is 0 Å². The lowest BCUT2D eigenvalue weighted by molar-refractivity contribution is -0.121. The number of amides is 1. The van der Waals surface area contributed by atoms with Crippen LogP contribution in [0.15, 0.2) is 0 Å². The van der Waals surface area contributed by atoms with E-state index >= 15 is 0 Å². The minimum atomic E-state index is -0.420. The molecule has 4 heteroatoms. The Labute approximate surface area is 55.3 Å². The quantitative estimate of drug-likeness (QED) is 0.527. The molecule has 3 nitrogen and oxygen atoms in total. The van der Waals surface area contributed by atoms with Gasteiger partial charge < -0.3 is 10.5 Å². The Balaban J connectivity index is 2.82. The highest BCUT2D eigenvalue weighted by atomic mass is 127. The van der Waals surface area contributed by atoms with Gasteiger partial charge in [0.25, 0.3) is 0 Å². The fourth-order valence-corrected chi connectivity index (χ4v) is 0.359. The van der Waals surface area contributed by atoms with E-state index in [1.807, 2.05) is 22.6 Å². The third-order valence-corrected chi connectivity index (χ3v) is 0.762. The van der Waals surface area contributed by atoms with Crippen molar-refractivity contribution in [1.82, 2.24) is 0 Å². The second-order valence-electron chi connectivity index (χ2n) is 0.924. The molecule has 2 N–H and O–H groups in total. The molecule has 0 heterocycles. The second kappa shape index (κ2) is 4.32. The van der Waals surface area contributed by atoms with Crippen molar-refractivity contribution < 1.29 is 9.53 Å². The van der Waals surface area contributed by atoms with Gasteiger partial charge >= 0.3 is 0 Å². The molecule has 0 aliphatic carbocycles. The smallest absolute Gasteiger partial charge is 0.243 e. The lowest BCUT2D eigenvalue weighted by Crippen LogP contribution is -2.17. The minimum absolute atomic E-state index is 0.0307.